The molecule has 2 rings (SSSR count). The van der Waals surface area contributed by atoms with Crippen molar-refractivity contribution in [1.82, 2.24) is 5.32 Å². The topological polar surface area (TPSA) is 21.3 Å². The number of piperidine rings is 1. The number of hydrogen-bond donors (Lipinski definition) is 1. The number of alkyl halides is 6. The molecule has 1 saturated heterocycles. The first-order valence-electron chi connectivity index (χ1n) is 9.02. The summed E-state index contributed by atoms with van der Waals surface area (Å²) >= 11 is 0. The average molecular weight is 407 g/mol. The molecule has 0 radical (unpaired) electrons. The van der Waals surface area contributed by atoms with E-state index in [2.05, 4.69) is 5.32 Å². The average Bonchev–Trinajstić information content (AvgIpc) is 2.62. The van der Waals surface area contributed by atoms with Crippen molar-refractivity contribution in [1.29, 1.82) is 0 Å². The molecule has 1 aromatic carbocycles. The van der Waals surface area contributed by atoms with Gasteiger partial charge in [-0.1, -0.05) is 24.3 Å². The van der Waals surface area contributed by atoms with Gasteiger partial charge < -0.3 is 10.1 Å². The van der Waals surface area contributed by atoms with Gasteiger partial charge in [-0.3, -0.25) is 0 Å². The SMILES string of the molecule is CC=CC=CCC1NCCCC1OCc1cc(C(F)(F)F)cc(C(F)(F)F)c1. The second kappa shape index (κ2) is 9.60. The van der Waals surface area contributed by atoms with Gasteiger partial charge in [-0.2, -0.15) is 26.3 Å². The summed E-state index contributed by atoms with van der Waals surface area (Å²) in [5.74, 6) is 0. The normalized spacial score (nSPS) is 21.7. The largest absolute Gasteiger partial charge is 0.416 e. The minimum Gasteiger partial charge on any atom is -0.372 e. The van der Waals surface area contributed by atoms with Crippen LogP contribution >= 0.6 is 0 Å². The summed E-state index contributed by atoms with van der Waals surface area (Å²) in [4.78, 5) is 0. The Morgan fingerprint density at radius 2 is 1.68 bits per heavy atom. The molecular formula is C20H23F6NO. The van der Waals surface area contributed by atoms with Crippen LogP contribution in [0.2, 0.25) is 0 Å². The van der Waals surface area contributed by atoms with Crippen LogP contribution in [0.4, 0.5) is 26.3 Å². The zero-order valence-electron chi connectivity index (χ0n) is 15.4. The molecule has 0 aromatic heterocycles. The van der Waals surface area contributed by atoms with Crippen molar-refractivity contribution in [2.45, 2.75) is 57.3 Å². The van der Waals surface area contributed by atoms with E-state index in [0.717, 1.165) is 13.0 Å². The predicted molar refractivity (Wildman–Crippen MR) is 94.6 cm³/mol. The minimum absolute atomic E-state index is 0.0388. The van der Waals surface area contributed by atoms with Gasteiger partial charge in [0, 0.05) is 6.04 Å². The standard InChI is InChI=1S/C20H23F6NO/c1-2-3-4-5-7-17-18(8-6-9-27-17)28-13-14-10-15(19(21,22)23)12-16(11-14)20(24,25)26/h2-5,10-12,17-18,27H,6-9,13H2,1H3. The third-order valence-electron chi connectivity index (χ3n) is 4.46. The molecule has 0 amide bonds. The fraction of sp³-hybridized carbons (Fsp3) is 0.500. The first kappa shape index (κ1) is 22.5. The van der Waals surface area contributed by atoms with Crippen LogP contribution in [0.3, 0.4) is 0 Å². The first-order valence-corrected chi connectivity index (χ1v) is 9.02. The van der Waals surface area contributed by atoms with E-state index >= 15 is 0 Å². The minimum atomic E-state index is -4.86. The van der Waals surface area contributed by atoms with E-state index in [0.29, 0.717) is 25.0 Å². The number of allylic oxidation sites excluding steroid dienone is 3. The molecule has 0 bridgehead atoms. The van der Waals surface area contributed by atoms with Gasteiger partial charge in [0.05, 0.1) is 23.8 Å². The highest BCUT2D eigenvalue weighted by Gasteiger charge is 2.37. The zero-order valence-corrected chi connectivity index (χ0v) is 15.4. The van der Waals surface area contributed by atoms with Crippen LogP contribution in [0, 0.1) is 0 Å². The highest BCUT2D eigenvalue weighted by Crippen LogP contribution is 2.36. The molecule has 1 heterocycles. The fourth-order valence-corrected chi connectivity index (χ4v) is 3.08. The van der Waals surface area contributed by atoms with Gasteiger partial charge in [-0.15, -0.1) is 0 Å². The number of halogens is 6. The van der Waals surface area contributed by atoms with Gasteiger partial charge in [0.2, 0.25) is 0 Å². The van der Waals surface area contributed by atoms with Crippen LogP contribution in [-0.4, -0.2) is 18.7 Å². The molecule has 28 heavy (non-hydrogen) atoms. The van der Waals surface area contributed by atoms with Crippen LogP contribution in [0.5, 0.6) is 0 Å². The van der Waals surface area contributed by atoms with Crippen molar-refractivity contribution in [3.63, 3.8) is 0 Å². The monoisotopic (exact) mass is 407 g/mol. The van der Waals surface area contributed by atoms with E-state index in [9.17, 15) is 26.3 Å². The molecule has 2 unspecified atom stereocenters. The molecule has 156 valence electrons. The van der Waals surface area contributed by atoms with E-state index < -0.39 is 23.5 Å². The van der Waals surface area contributed by atoms with Crippen LogP contribution < -0.4 is 5.32 Å². The summed E-state index contributed by atoms with van der Waals surface area (Å²) in [7, 11) is 0. The summed E-state index contributed by atoms with van der Waals surface area (Å²) in [6, 6.07) is 1.52. The Bertz CT molecular complexity index is 661. The molecule has 8 heteroatoms. The Morgan fingerprint density at radius 3 is 2.25 bits per heavy atom. The van der Waals surface area contributed by atoms with E-state index in [1.165, 1.54) is 0 Å². The summed E-state index contributed by atoms with van der Waals surface area (Å²) in [5.41, 5.74) is -2.79. The number of ether oxygens (including phenoxy) is 1. The summed E-state index contributed by atoms with van der Waals surface area (Å²) in [6.45, 7) is 2.37. The molecule has 1 aromatic rings. The molecule has 2 atom stereocenters. The maximum Gasteiger partial charge on any atom is 0.416 e. The van der Waals surface area contributed by atoms with Crippen molar-refractivity contribution in [2.75, 3.05) is 6.54 Å². The summed E-state index contributed by atoms with van der Waals surface area (Å²) in [6.07, 6.45) is -0.230. The van der Waals surface area contributed by atoms with Crippen LogP contribution in [0.25, 0.3) is 0 Å². The van der Waals surface area contributed by atoms with Crippen LogP contribution in [0.1, 0.15) is 42.9 Å². The molecule has 0 aliphatic carbocycles. The Morgan fingerprint density at radius 1 is 1.04 bits per heavy atom. The van der Waals surface area contributed by atoms with E-state index in [1.54, 1.807) is 0 Å². The molecule has 1 fully saturated rings. The van der Waals surface area contributed by atoms with Gasteiger partial charge in [0.15, 0.2) is 0 Å². The van der Waals surface area contributed by atoms with Crippen LogP contribution in [-0.2, 0) is 23.7 Å². The Hall–Kier alpha value is -1.80. The quantitative estimate of drug-likeness (QED) is 0.469. The smallest absolute Gasteiger partial charge is 0.372 e. The maximum absolute atomic E-state index is 13.0. The molecule has 1 aliphatic heterocycles. The highest BCUT2D eigenvalue weighted by atomic mass is 19.4. The lowest BCUT2D eigenvalue weighted by molar-refractivity contribution is -0.143. The van der Waals surface area contributed by atoms with Crippen molar-refractivity contribution in [3.8, 4) is 0 Å². The fourth-order valence-electron chi connectivity index (χ4n) is 3.08. The third kappa shape index (κ3) is 6.67. The summed E-state index contributed by atoms with van der Waals surface area (Å²) in [5, 5.41) is 3.29. The zero-order chi connectivity index (χ0) is 20.8. The van der Waals surface area contributed by atoms with E-state index in [-0.39, 0.29) is 30.4 Å². The number of benzene rings is 1. The molecular weight excluding hydrogens is 384 g/mol. The van der Waals surface area contributed by atoms with E-state index in [1.807, 2.05) is 31.2 Å². The maximum atomic E-state index is 13.0. The highest BCUT2D eigenvalue weighted by molar-refractivity contribution is 5.33. The van der Waals surface area contributed by atoms with Gasteiger partial charge in [-0.25, -0.2) is 0 Å². The van der Waals surface area contributed by atoms with Gasteiger partial charge in [-0.05, 0) is 56.5 Å². The van der Waals surface area contributed by atoms with Crippen molar-refractivity contribution < 1.29 is 31.1 Å². The Kier molecular flexibility index (Phi) is 7.71. The van der Waals surface area contributed by atoms with Gasteiger partial charge in [0.1, 0.15) is 0 Å². The summed E-state index contributed by atoms with van der Waals surface area (Å²) < 4.78 is 83.5. The van der Waals surface area contributed by atoms with E-state index in [4.69, 9.17) is 4.74 Å². The van der Waals surface area contributed by atoms with Gasteiger partial charge in [0.25, 0.3) is 0 Å². The third-order valence-corrected chi connectivity index (χ3v) is 4.46. The second-order valence-electron chi connectivity index (χ2n) is 6.66. The van der Waals surface area contributed by atoms with Crippen molar-refractivity contribution in [2.24, 2.45) is 0 Å². The lowest BCUT2D eigenvalue weighted by Crippen LogP contribution is -2.45. The lowest BCUT2D eigenvalue weighted by Gasteiger charge is -2.32. The second-order valence-corrected chi connectivity index (χ2v) is 6.66. The van der Waals surface area contributed by atoms with Gasteiger partial charge >= 0.3 is 12.4 Å². The van der Waals surface area contributed by atoms with Crippen molar-refractivity contribution in [3.05, 3.63) is 59.2 Å². The predicted octanol–water partition coefficient (Wildman–Crippen LogP) is 5.88. The lowest BCUT2D eigenvalue weighted by atomic mass is 9.98. The molecule has 2 nitrogen and oxygen atoms in total. The number of rotatable bonds is 6. The molecule has 0 saturated carbocycles. The number of hydrogen-bond acceptors (Lipinski definition) is 2. The Labute approximate surface area is 160 Å². The number of nitrogens with one attached hydrogen (secondary N) is 1. The molecule has 1 N–H and O–H groups in total. The van der Waals surface area contributed by atoms with Crippen LogP contribution in [0.15, 0.2) is 42.5 Å². The Balaban J connectivity index is 2.13. The van der Waals surface area contributed by atoms with Crippen molar-refractivity contribution >= 4 is 0 Å². The molecule has 0 spiro atoms. The first-order chi connectivity index (χ1) is 13.1. The molecule has 1 aliphatic rings.